The second kappa shape index (κ2) is 7.50. The SMILES string of the molecule is Cc1nc(SCC(=O)N2N=C(c3ccco3)C[C@H]2c2cccs2)n(C2CC2)c1C. The minimum atomic E-state index is -0.0742. The number of aryl methyl sites for hydroxylation is 1. The molecule has 1 fully saturated rings. The van der Waals surface area contributed by atoms with Crippen molar-refractivity contribution in [3.05, 3.63) is 57.9 Å². The fraction of sp³-hybridized carbons (Fsp3) is 0.381. The van der Waals surface area contributed by atoms with Crippen LogP contribution in [0.15, 0.2) is 50.6 Å². The second-order valence-corrected chi connectivity index (χ2v) is 9.37. The topological polar surface area (TPSA) is 63.6 Å². The molecule has 3 aromatic rings. The fourth-order valence-electron chi connectivity index (χ4n) is 3.69. The van der Waals surface area contributed by atoms with Crippen molar-refractivity contribution in [2.45, 2.75) is 50.4 Å². The summed E-state index contributed by atoms with van der Waals surface area (Å²) in [5.74, 6) is 1.04. The number of aromatic nitrogens is 2. The summed E-state index contributed by atoms with van der Waals surface area (Å²) in [6, 6.07) is 8.29. The maximum absolute atomic E-state index is 13.2. The predicted molar refractivity (Wildman–Crippen MR) is 114 cm³/mol. The standard InChI is InChI=1S/C21H22N4O2S2/c1-13-14(2)24(15-7-8-15)21(22-13)29-12-20(26)25-17(19-6-4-10-28-19)11-16(23-25)18-5-3-9-27-18/h3-6,9-10,15,17H,7-8,11-12H2,1-2H3/t17-/m0/s1. The number of thioether (sulfide) groups is 1. The monoisotopic (exact) mass is 426 g/mol. The molecular formula is C21H22N4O2S2. The highest BCUT2D eigenvalue weighted by atomic mass is 32.2. The van der Waals surface area contributed by atoms with E-state index in [-0.39, 0.29) is 11.9 Å². The van der Waals surface area contributed by atoms with Crippen LogP contribution >= 0.6 is 23.1 Å². The van der Waals surface area contributed by atoms with Gasteiger partial charge in [0.1, 0.15) is 11.5 Å². The third-order valence-corrected chi connectivity index (χ3v) is 7.35. The van der Waals surface area contributed by atoms with E-state index < -0.39 is 0 Å². The largest absolute Gasteiger partial charge is 0.463 e. The van der Waals surface area contributed by atoms with E-state index in [4.69, 9.17) is 9.40 Å². The van der Waals surface area contributed by atoms with Gasteiger partial charge in [-0.25, -0.2) is 9.99 Å². The van der Waals surface area contributed by atoms with Gasteiger partial charge in [-0.05, 0) is 50.3 Å². The maximum atomic E-state index is 13.2. The molecule has 4 heterocycles. The average Bonchev–Trinajstić information content (AvgIpc) is 3.18. The van der Waals surface area contributed by atoms with Crippen molar-refractivity contribution in [3.63, 3.8) is 0 Å². The molecule has 2 aliphatic rings. The number of nitrogens with zero attached hydrogens (tertiary/aromatic N) is 4. The molecular weight excluding hydrogens is 404 g/mol. The van der Waals surface area contributed by atoms with E-state index in [9.17, 15) is 4.79 Å². The first-order valence-electron chi connectivity index (χ1n) is 9.77. The van der Waals surface area contributed by atoms with Crippen molar-refractivity contribution in [2.24, 2.45) is 5.10 Å². The number of hydrazone groups is 1. The molecule has 150 valence electrons. The molecule has 5 rings (SSSR count). The molecule has 6 nitrogen and oxygen atoms in total. The summed E-state index contributed by atoms with van der Waals surface area (Å²) in [4.78, 5) is 19.0. The van der Waals surface area contributed by atoms with Gasteiger partial charge in [-0.1, -0.05) is 17.8 Å². The maximum Gasteiger partial charge on any atom is 0.253 e. The number of amides is 1. The lowest BCUT2D eigenvalue weighted by atomic mass is 10.1. The average molecular weight is 427 g/mol. The summed E-state index contributed by atoms with van der Waals surface area (Å²) in [5, 5.41) is 9.27. The van der Waals surface area contributed by atoms with Crippen molar-refractivity contribution in [3.8, 4) is 0 Å². The first kappa shape index (κ1) is 18.7. The van der Waals surface area contributed by atoms with Crippen LogP contribution in [0.25, 0.3) is 0 Å². The minimum absolute atomic E-state index is 0.00407. The molecule has 0 N–H and O–H groups in total. The van der Waals surface area contributed by atoms with Crippen LogP contribution in [0.3, 0.4) is 0 Å². The molecule has 0 spiro atoms. The summed E-state index contributed by atoms with van der Waals surface area (Å²) in [5.41, 5.74) is 3.07. The van der Waals surface area contributed by atoms with Crippen LogP contribution in [0.1, 0.15) is 53.4 Å². The number of carbonyl (C=O) groups is 1. The normalized spacial score (nSPS) is 19.0. The highest BCUT2D eigenvalue weighted by molar-refractivity contribution is 7.99. The Bertz CT molecular complexity index is 1050. The van der Waals surface area contributed by atoms with Crippen molar-refractivity contribution in [2.75, 3.05) is 5.75 Å². The molecule has 0 bridgehead atoms. The van der Waals surface area contributed by atoms with Crippen LogP contribution in [0.4, 0.5) is 0 Å². The Morgan fingerprint density at radius 2 is 2.17 bits per heavy atom. The molecule has 8 heteroatoms. The molecule has 0 saturated heterocycles. The van der Waals surface area contributed by atoms with E-state index in [1.807, 2.05) is 30.5 Å². The van der Waals surface area contributed by atoms with E-state index in [0.717, 1.165) is 27.2 Å². The summed E-state index contributed by atoms with van der Waals surface area (Å²) >= 11 is 3.17. The van der Waals surface area contributed by atoms with Gasteiger partial charge in [-0.2, -0.15) is 5.10 Å². The zero-order valence-electron chi connectivity index (χ0n) is 16.4. The minimum Gasteiger partial charge on any atom is -0.463 e. The van der Waals surface area contributed by atoms with Crippen molar-refractivity contribution in [1.82, 2.24) is 14.6 Å². The molecule has 0 radical (unpaired) electrons. The lowest BCUT2D eigenvalue weighted by molar-refractivity contribution is -0.130. The molecule has 0 aromatic carbocycles. The van der Waals surface area contributed by atoms with Gasteiger partial charge >= 0.3 is 0 Å². The Morgan fingerprint density at radius 1 is 1.31 bits per heavy atom. The lowest BCUT2D eigenvalue weighted by Gasteiger charge is -2.20. The smallest absolute Gasteiger partial charge is 0.253 e. The van der Waals surface area contributed by atoms with Gasteiger partial charge in [0.25, 0.3) is 5.91 Å². The van der Waals surface area contributed by atoms with Crippen molar-refractivity contribution in [1.29, 1.82) is 0 Å². The Labute approximate surface area is 177 Å². The van der Waals surface area contributed by atoms with Crippen LogP contribution in [-0.2, 0) is 4.79 Å². The van der Waals surface area contributed by atoms with Gasteiger partial charge < -0.3 is 8.98 Å². The van der Waals surface area contributed by atoms with Crippen molar-refractivity contribution < 1.29 is 9.21 Å². The van der Waals surface area contributed by atoms with Crippen LogP contribution in [0.5, 0.6) is 0 Å². The van der Waals surface area contributed by atoms with E-state index in [1.165, 1.54) is 30.3 Å². The summed E-state index contributed by atoms with van der Waals surface area (Å²) in [6.07, 6.45) is 4.70. The molecule has 3 aromatic heterocycles. The molecule has 1 atom stereocenters. The van der Waals surface area contributed by atoms with Crippen molar-refractivity contribution >= 4 is 34.7 Å². The highest BCUT2D eigenvalue weighted by Gasteiger charge is 2.35. The number of thiophene rings is 1. The predicted octanol–water partition coefficient (Wildman–Crippen LogP) is 4.96. The van der Waals surface area contributed by atoms with E-state index in [1.54, 1.807) is 22.6 Å². The summed E-state index contributed by atoms with van der Waals surface area (Å²) in [6.45, 7) is 4.15. The van der Waals surface area contributed by atoms with Crippen LogP contribution in [-0.4, -0.2) is 31.9 Å². The van der Waals surface area contributed by atoms with Gasteiger partial charge in [0.05, 0.1) is 23.8 Å². The van der Waals surface area contributed by atoms with Gasteiger partial charge in [-0.3, -0.25) is 4.79 Å². The van der Waals surface area contributed by atoms with Gasteiger partial charge in [0, 0.05) is 23.0 Å². The highest BCUT2D eigenvalue weighted by Crippen LogP contribution is 2.40. The lowest BCUT2D eigenvalue weighted by Crippen LogP contribution is -2.28. The number of rotatable bonds is 6. The second-order valence-electron chi connectivity index (χ2n) is 7.45. The third kappa shape index (κ3) is 3.55. The van der Waals surface area contributed by atoms with E-state index >= 15 is 0 Å². The van der Waals surface area contributed by atoms with Crippen LogP contribution < -0.4 is 0 Å². The Balaban J connectivity index is 1.36. The number of furan rings is 1. The Kier molecular flexibility index (Phi) is 4.83. The zero-order valence-corrected chi connectivity index (χ0v) is 18.0. The summed E-state index contributed by atoms with van der Waals surface area (Å²) in [7, 11) is 0. The quantitative estimate of drug-likeness (QED) is 0.523. The molecule has 1 saturated carbocycles. The fourth-order valence-corrected chi connectivity index (χ4v) is 5.51. The van der Waals surface area contributed by atoms with Gasteiger partial charge in [0.2, 0.25) is 0 Å². The number of imidazole rings is 1. The Hall–Kier alpha value is -2.32. The third-order valence-electron chi connectivity index (χ3n) is 5.43. The molecule has 29 heavy (non-hydrogen) atoms. The first-order valence-corrected chi connectivity index (χ1v) is 11.6. The Morgan fingerprint density at radius 3 is 2.86 bits per heavy atom. The van der Waals surface area contributed by atoms with Gasteiger partial charge in [0.15, 0.2) is 5.16 Å². The molecule has 1 aliphatic carbocycles. The molecule has 0 unspecified atom stereocenters. The number of carbonyl (C=O) groups excluding carboxylic acids is 1. The number of hydrogen-bond donors (Lipinski definition) is 0. The van der Waals surface area contributed by atoms with Crippen LogP contribution in [0.2, 0.25) is 0 Å². The molecule has 1 amide bonds. The number of hydrogen-bond acceptors (Lipinski definition) is 6. The summed E-state index contributed by atoms with van der Waals surface area (Å²) < 4.78 is 7.82. The molecule has 1 aliphatic heterocycles. The van der Waals surface area contributed by atoms with Gasteiger partial charge in [-0.15, -0.1) is 11.3 Å². The first-order chi connectivity index (χ1) is 14.1. The zero-order chi connectivity index (χ0) is 20.0. The van der Waals surface area contributed by atoms with Crippen LogP contribution in [0, 0.1) is 13.8 Å². The van der Waals surface area contributed by atoms with E-state index in [2.05, 4.69) is 22.7 Å². The van der Waals surface area contributed by atoms with E-state index in [0.29, 0.717) is 18.2 Å².